The topological polar surface area (TPSA) is 29.9 Å². The first kappa shape index (κ1) is 10.3. The number of hydrogen-bond acceptors (Lipinski definition) is 2. The molecule has 0 amide bonds. The third-order valence-electron chi connectivity index (χ3n) is 2.33. The molecule has 13 heavy (non-hydrogen) atoms. The second-order valence-electron chi connectivity index (χ2n) is 3.19. The molecule has 3 nitrogen and oxygen atoms in total. The van der Waals surface area contributed by atoms with Crippen LogP contribution in [0.15, 0.2) is 6.07 Å². The molecule has 1 aliphatic heterocycles. The van der Waals surface area contributed by atoms with Crippen molar-refractivity contribution in [2.45, 2.75) is 26.7 Å². The summed E-state index contributed by atoms with van der Waals surface area (Å²) in [5, 5.41) is 7.65. The number of aromatic nitrogens is 2. The summed E-state index contributed by atoms with van der Waals surface area (Å²) >= 11 is 0. The maximum atomic E-state index is 4.41. The van der Waals surface area contributed by atoms with Crippen LogP contribution in [-0.4, -0.2) is 22.9 Å². The van der Waals surface area contributed by atoms with Gasteiger partial charge in [0.15, 0.2) is 0 Å². The van der Waals surface area contributed by atoms with Crippen LogP contribution >= 0.6 is 0 Å². The summed E-state index contributed by atoms with van der Waals surface area (Å²) in [5.41, 5.74) is 2.48. The third kappa shape index (κ3) is 2.10. The van der Waals surface area contributed by atoms with Gasteiger partial charge >= 0.3 is 0 Å². The van der Waals surface area contributed by atoms with Crippen LogP contribution in [0, 0.1) is 6.92 Å². The normalized spacial score (nSPS) is 16.0. The fourth-order valence-corrected chi connectivity index (χ4v) is 1.29. The van der Waals surface area contributed by atoms with Gasteiger partial charge in [-0.3, -0.25) is 4.68 Å². The second kappa shape index (κ2) is 4.42. The molecule has 1 aliphatic rings. The van der Waals surface area contributed by atoms with Crippen molar-refractivity contribution in [1.82, 2.24) is 15.1 Å². The Balaban J connectivity index is 0.000000396. The van der Waals surface area contributed by atoms with E-state index < -0.39 is 0 Å². The molecule has 1 aromatic rings. The first-order chi connectivity index (χ1) is 6.27. The predicted molar refractivity (Wildman–Crippen MR) is 54.9 cm³/mol. The van der Waals surface area contributed by atoms with Gasteiger partial charge in [0.25, 0.3) is 0 Å². The number of aryl methyl sites for hydroxylation is 2. The van der Waals surface area contributed by atoms with E-state index in [1.54, 1.807) is 0 Å². The predicted octanol–water partition coefficient (Wildman–Crippen LogP) is 1.44. The number of nitrogens with one attached hydrogen (secondary N) is 1. The average Bonchev–Trinajstić information content (AvgIpc) is 2.32. The number of hydrogen-bond donors (Lipinski definition) is 1. The zero-order chi connectivity index (χ0) is 9.84. The van der Waals surface area contributed by atoms with E-state index in [1.165, 1.54) is 11.4 Å². The van der Waals surface area contributed by atoms with Crippen molar-refractivity contribution >= 4 is 0 Å². The van der Waals surface area contributed by atoms with Crippen LogP contribution in [0.2, 0.25) is 0 Å². The van der Waals surface area contributed by atoms with E-state index >= 15 is 0 Å². The summed E-state index contributed by atoms with van der Waals surface area (Å²) in [6.07, 6.45) is 0. The molecule has 2 heterocycles. The summed E-state index contributed by atoms with van der Waals surface area (Å²) in [6, 6.07) is 2.17. The van der Waals surface area contributed by atoms with Crippen molar-refractivity contribution in [2.75, 3.05) is 13.1 Å². The van der Waals surface area contributed by atoms with Gasteiger partial charge < -0.3 is 5.32 Å². The van der Waals surface area contributed by atoms with Crippen molar-refractivity contribution in [3.63, 3.8) is 0 Å². The van der Waals surface area contributed by atoms with Gasteiger partial charge in [-0.15, -0.1) is 0 Å². The first-order valence-electron chi connectivity index (χ1n) is 4.98. The minimum atomic E-state index is 0.662. The van der Waals surface area contributed by atoms with E-state index in [1.807, 2.05) is 25.6 Å². The standard InChI is InChI=1S/C8H13N3.C2H6/c1-6-3-8(10-11(6)2)7-4-9-5-7;1-2/h3,7,9H,4-5H2,1-2H3;1-2H3. The molecule has 1 N–H and O–H groups in total. The first-order valence-corrected chi connectivity index (χ1v) is 4.98. The molecular weight excluding hydrogens is 162 g/mol. The molecule has 0 bridgehead atoms. The molecule has 0 radical (unpaired) electrons. The molecule has 0 atom stereocenters. The van der Waals surface area contributed by atoms with Crippen LogP contribution in [0.25, 0.3) is 0 Å². The van der Waals surface area contributed by atoms with E-state index in [-0.39, 0.29) is 0 Å². The van der Waals surface area contributed by atoms with Gasteiger partial charge in [-0.2, -0.15) is 5.10 Å². The van der Waals surface area contributed by atoms with E-state index in [9.17, 15) is 0 Å². The Morgan fingerprint density at radius 3 is 2.38 bits per heavy atom. The quantitative estimate of drug-likeness (QED) is 0.710. The average molecular weight is 181 g/mol. The molecule has 1 saturated heterocycles. The lowest BCUT2D eigenvalue weighted by atomic mass is 9.99. The Hall–Kier alpha value is -0.830. The van der Waals surface area contributed by atoms with Crippen LogP contribution < -0.4 is 5.32 Å². The molecule has 1 aromatic heterocycles. The molecule has 0 spiro atoms. The largest absolute Gasteiger partial charge is 0.315 e. The molecule has 74 valence electrons. The number of rotatable bonds is 1. The summed E-state index contributed by atoms with van der Waals surface area (Å²) in [7, 11) is 1.99. The Morgan fingerprint density at radius 2 is 2.08 bits per heavy atom. The molecule has 0 aliphatic carbocycles. The van der Waals surface area contributed by atoms with Crippen molar-refractivity contribution in [3.8, 4) is 0 Å². The van der Waals surface area contributed by atoms with Crippen molar-refractivity contribution in [3.05, 3.63) is 17.5 Å². The van der Waals surface area contributed by atoms with Gasteiger partial charge in [0.2, 0.25) is 0 Å². The van der Waals surface area contributed by atoms with E-state index in [0.717, 1.165) is 13.1 Å². The SMILES string of the molecule is CC.Cc1cc(C2CNC2)nn1C. The highest BCUT2D eigenvalue weighted by atomic mass is 15.3. The second-order valence-corrected chi connectivity index (χ2v) is 3.19. The number of nitrogens with zero attached hydrogens (tertiary/aromatic N) is 2. The minimum absolute atomic E-state index is 0.662. The van der Waals surface area contributed by atoms with Gasteiger partial charge in [-0.05, 0) is 13.0 Å². The maximum Gasteiger partial charge on any atom is 0.0683 e. The molecule has 1 fully saturated rings. The highest BCUT2D eigenvalue weighted by Crippen LogP contribution is 2.18. The van der Waals surface area contributed by atoms with E-state index in [0.29, 0.717) is 5.92 Å². The van der Waals surface area contributed by atoms with Gasteiger partial charge in [-0.1, -0.05) is 13.8 Å². The zero-order valence-electron chi connectivity index (χ0n) is 8.96. The molecule has 2 rings (SSSR count). The minimum Gasteiger partial charge on any atom is -0.315 e. The fourth-order valence-electron chi connectivity index (χ4n) is 1.29. The van der Waals surface area contributed by atoms with Crippen LogP contribution in [0.4, 0.5) is 0 Å². The Bertz CT molecular complexity index is 242. The highest BCUT2D eigenvalue weighted by Gasteiger charge is 2.21. The Kier molecular flexibility index (Phi) is 3.48. The maximum absolute atomic E-state index is 4.41. The summed E-state index contributed by atoms with van der Waals surface area (Å²) < 4.78 is 1.94. The van der Waals surface area contributed by atoms with E-state index in [4.69, 9.17) is 0 Å². The lowest BCUT2D eigenvalue weighted by molar-refractivity contribution is 0.436. The van der Waals surface area contributed by atoms with E-state index in [2.05, 4.69) is 23.4 Å². The van der Waals surface area contributed by atoms with Gasteiger partial charge in [0.1, 0.15) is 0 Å². The van der Waals surface area contributed by atoms with Crippen LogP contribution in [0.5, 0.6) is 0 Å². The summed E-state index contributed by atoms with van der Waals surface area (Å²) in [6.45, 7) is 8.27. The van der Waals surface area contributed by atoms with Crippen LogP contribution in [0.1, 0.15) is 31.2 Å². The summed E-state index contributed by atoms with van der Waals surface area (Å²) in [4.78, 5) is 0. The van der Waals surface area contributed by atoms with Gasteiger partial charge in [-0.25, -0.2) is 0 Å². The lowest BCUT2D eigenvalue weighted by Gasteiger charge is -2.24. The van der Waals surface area contributed by atoms with Crippen molar-refractivity contribution in [1.29, 1.82) is 0 Å². The Morgan fingerprint density at radius 1 is 1.46 bits per heavy atom. The Labute approximate surface area is 80.1 Å². The molecular formula is C10H19N3. The third-order valence-corrected chi connectivity index (χ3v) is 2.33. The van der Waals surface area contributed by atoms with Crippen molar-refractivity contribution in [2.24, 2.45) is 7.05 Å². The zero-order valence-corrected chi connectivity index (χ0v) is 8.96. The van der Waals surface area contributed by atoms with Gasteiger partial charge in [0, 0.05) is 31.7 Å². The highest BCUT2D eigenvalue weighted by molar-refractivity contribution is 5.16. The van der Waals surface area contributed by atoms with Gasteiger partial charge in [0.05, 0.1) is 5.69 Å². The molecule has 0 unspecified atom stereocenters. The lowest BCUT2D eigenvalue weighted by Crippen LogP contribution is -2.40. The van der Waals surface area contributed by atoms with Crippen molar-refractivity contribution < 1.29 is 0 Å². The van der Waals surface area contributed by atoms with Crippen LogP contribution in [-0.2, 0) is 7.05 Å². The molecule has 0 aromatic carbocycles. The fraction of sp³-hybridized carbons (Fsp3) is 0.700. The van der Waals surface area contributed by atoms with Crippen LogP contribution in [0.3, 0.4) is 0 Å². The molecule has 0 saturated carbocycles. The summed E-state index contributed by atoms with van der Waals surface area (Å²) in [5.74, 6) is 0.662. The monoisotopic (exact) mass is 181 g/mol. The smallest absolute Gasteiger partial charge is 0.0683 e. The molecule has 3 heteroatoms.